The summed E-state index contributed by atoms with van der Waals surface area (Å²) >= 11 is 0. The van der Waals surface area contributed by atoms with E-state index in [1.807, 2.05) is 55.1 Å². The van der Waals surface area contributed by atoms with Crippen LogP contribution in [0.4, 0.5) is 0 Å². The second-order valence-electron chi connectivity index (χ2n) is 7.77. The Bertz CT molecular complexity index is 852. The van der Waals surface area contributed by atoms with E-state index in [4.69, 9.17) is 0 Å². The van der Waals surface area contributed by atoms with Gasteiger partial charge >= 0.3 is 5.97 Å². The smallest absolute Gasteiger partial charge is 0.335 e. The van der Waals surface area contributed by atoms with E-state index in [1.165, 1.54) is 0 Å². The van der Waals surface area contributed by atoms with Gasteiger partial charge in [0.2, 0.25) is 0 Å². The molecule has 0 bridgehead atoms. The van der Waals surface area contributed by atoms with Crippen LogP contribution in [0.5, 0.6) is 0 Å². The summed E-state index contributed by atoms with van der Waals surface area (Å²) in [7, 11) is 2.13. The summed E-state index contributed by atoms with van der Waals surface area (Å²) in [5.41, 5.74) is 3.16. The van der Waals surface area contributed by atoms with Gasteiger partial charge in [0.05, 0.1) is 11.6 Å². The highest BCUT2D eigenvalue weighted by Crippen LogP contribution is 2.30. The van der Waals surface area contributed by atoms with Crippen LogP contribution in [0.15, 0.2) is 48.5 Å². The van der Waals surface area contributed by atoms with Crippen LogP contribution in [0.25, 0.3) is 0 Å². The van der Waals surface area contributed by atoms with Crippen LogP contribution in [0.3, 0.4) is 0 Å². The van der Waals surface area contributed by atoms with E-state index in [0.717, 1.165) is 37.3 Å². The van der Waals surface area contributed by atoms with Crippen molar-refractivity contribution in [2.24, 2.45) is 0 Å². The Balaban J connectivity index is 1.91. The number of benzene rings is 2. The van der Waals surface area contributed by atoms with Gasteiger partial charge in [-0.05, 0) is 56.3 Å². The van der Waals surface area contributed by atoms with E-state index in [-0.39, 0.29) is 17.5 Å². The molecular formula is C24H31N3O3. The molecule has 0 aromatic heterocycles. The van der Waals surface area contributed by atoms with Gasteiger partial charge in [0, 0.05) is 44.8 Å². The fourth-order valence-corrected chi connectivity index (χ4v) is 4.00. The van der Waals surface area contributed by atoms with Crippen molar-refractivity contribution in [3.63, 3.8) is 0 Å². The average molecular weight is 410 g/mol. The molecule has 1 aliphatic heterocycles. The highest BCUT2D eigenvalue weighted by atomic mass is 16.4. The van der Waals surface area contributed by atoms with Gasteiger partial charge < -0.3 is 14.9 Å². The highest BCUT2D eigenvalue weighted by Gasteiger charge is 2.26. The standard InChI is InChI=1S/C24H31N3O3/c1-4-26(5-2)23(28)20-10-6-18(7-11-20)22(27-16-14-25(3)15-17-27)19-8-12-21(13-9-19)24(29)30/h6-13,22H,4-5,14-17H2,1-3H3,(H,29,30). The summed E-state index contributed by atoms with van der Waals surface area (Å²) in [6.45, 7) is 9.20. The average Bonchev–Trinajstić information content (AvgIpc) is 2.77. The Morgan fingerprint density at radius 2 is 1.33 bits per heavy atom. The van der Waals surface area contributed by atoms with E-state index in [2.05, 4.69) is 16.8 Å². The molecule has 0 spiro atoms. The monoisotopic (exact) mass is 409 g/mol. The van der Waals surface area contributed by atoms with Gasteiger partial charge in [-0.2, -0.15) is 0 Å². The van der Waals surface area contributed by atoms with E-state index < -0.39 is 5.97 Å². The normalized spacial score (nSPS) is 16.2. The van der Waals surface area contributed by atoms with Crippen LogP contribution in [-0.4, -0.2) is 78.0 Å². The van der Waals surface area contributed by atoms with Crippen molar-refractivity contribution in [2.75, 3.05) is 46.3 Å². The van der Waals surface area contributed by atoms with E-state index in [9.17, 15) is 14.7 Å². The molecule has 1 atom stereocenters. The van der Waals surface area contributed by atoms with Crippen LogP contribution in [0, 0.1) is 0 Å². The lowest BCUT2D eigenvalue weighted by Gasteiger charge is -2.38. The molecule has 0 saturated carbocycles. The molecule has 6 nitrogen and oxygen atoms in total. The molecule has 0 radical (unpaired) electrons. The molecule has 1 heterocycles. The second-order valence-corrected chi connectivity index (χ2v) is 7.77. The number of amides is 1. The molecule has 1 fully saturated rings. The maximum atomic E-state index is 12.7. The van der Waals surface area contributed by atoms with Crippen LogP contribution in [0.2, 0.25) is 0 Å². The molecule has 1 unspecified atom stereocenters. The lowest BCUT2D eigenvalue weighted by Crippen LogP contribution is -2.46. The number of aromatic carboxylic acids is 1. The third-order valence-corrected chi connectivity index (χ3v) is 5.90. The Kier molecular flexibility index (Phi) is 7.24. The van der Waals surface area contributed by atoms with Crippen molar-refractivity contribution < 1.29 is 14.7 Å². The topological polar surface area (TPSA) is 64.1 Å². The Labute approximate surface area is 178 Å². The van der Waals surface area contributed by atoms with Crippen molar-refractivity contribution in [3.05, 3.63) is 70.8 Å². The summed E-state index contributed by atoms with van der Waals surface area (Å²) in [6, 6.07) is 15.0. The first-order valence-electron chi connectivity index (χ1n) is 10.6. The molecule has 3 rings (SSSR count). The van der Waals surface area contributed by atoms with Gasteiger partial charge in [-0.15, -0.1) is 0 Å². The Morgan fingerprint density at radius 1 is 0.867 bits per heavy atom. The van der Waals surface area contributed by atoms with E-state index in [0.29, 0.717) is 18.7 Å². The molecular weight excluding hydrogens is 378 g/mol. The number of hydrogen-bond donors (Lipinski definition) is 1. The van der Waals surface area contributed by atoms with Crippen molar-refractivity contribution in [2.45, 2.75) is 19.9 Å². The van der Waals surface area contributed by atoms with Crippen LogP contribution < -0.4 is 0 Å². The summed E-state index contributed by atoms with van der Waals surface area (Å²) in [5, 5.41) is 9.23. The minimum Gasteiger partial charge on any atom is -0.478 e. The molecule has 6 heteroatoms. The van der Waals surface area contributed by atoms with Gasteiger partial charge in [-0.1, -0.05) is 24.3 Å². The minimum atomic E-state index is -0.919. The second kappa shape index (κ2) is 9.87. The number of nitrogens with zero attached hydrogens (tertiary/aromatic N) is 3. The zero-order valence-corrected chi connectivity index (χ0v) is 18.0. The zero-order valence-electron chi connectivity index (χ0n) is 18.0. The zero-order chi connectivity index (χ0) is 21.7. The third kappa shape index (κ3) is 4.89. The fraction of sp³-hybridized carbons (Fsp3) is 0.417. The van der Waals surface area contributed by atoms with Crippen molar-refractivity contribution in [1.29, 1.82) is 0 Å². The first kappa shape index (κ1) is 22.0. The van der Waals surface area contributed by atoms with Crippen LogP contribution >= 0.6 is 0 Å². The third-order valence-electron chi connectivity index (χ3n) is 5.90. The van der Waals surface area contributed by atoms with Gasteiger partial charge in [0.15, 0.2) is 0 Å². The summed E-state index contributed by atoms with van der Waals surface area (Å²) in [6.07, 6.45) is 0. The quantitative estimate of drug-likeness (QED) is 0.761. The predicted octanol–water partition coefficient (Wildman–Crippen LogP) is 3.20. The van der Waals surface area contributed by atoms with Gasteiger partial charge in [0.25, 0.3) is 5.91 Å². The number of piperazine rings is 1. The largest absolute Gasteiger partial charge is 0.478 e. The van der Waals surface area contributed by atoms with Gasteiger partial charge in [-0.3, -0.25) is 9.69 Å². The van der Waals surface area contributed by atoms with Gasteiger partial charge in [-0.25, -0.2) is 4.79 Å². The molecule has 1 amide bonds. The first-order valence-corrected chi connectivity index (χ1v) is 10.6. The Morgan fingerprint density at radius 3 is 1.77 bits per heavy atom. The van der Waals surface area contributed by atoms with E-state index >= 15 is 0 Å². The molecule has 2 aromatic rings. The predicted molar refractivity (Wildman–Crippen MR) is 118 cm³/mol. The maximum Gasteiger partial charge on any atom is 0.335 e. The molecule has 1 aliphatic rings. The summed E-state index contributed by atoms with van der Waals surface area (Å²) < 4.78 is 0. The van der Waals surface area contributed by atoms with E-state index in [1.54, 1.807) is 12.1 Å². The molecule has 160 valence electrons. The number of rotatable bonds is 7. The SMILES string of the molecule is CCN(CC)C(=O)c1ccc(C(c2ccc(C(=O)O)cc2)N2CCN(C)CC2)cc1. The van der Waals surface area contributed by atoms with Crippen molar-refractivity contribution in [3.8, 4) is 0 Å². The van der Waals surface area contributed by atoms with Crippen LogP contribution in [-0.2, 0) is 0 Å². The summed E-state index contributed by atoms with van der Waals surface area (Å²) in [4.78, 5) is 30.5. The van der Waals surface area contributed by atoms with Crippen molar-refractivity contribution in [1.82, 2.24) is 14.7 Å². The number of hydrogen-bond acceptors (Lipinski definition) is 4. The molecule has 2 aromatic carbocycles. The number of carboxylic acid groups (broad SMARTS) is 1. The number of carbonyl (C=O) groups is 2. The fourth-order valence-electron chi connectivity index (χ4n) is 4.00. The van der Waals surface area contributed by atoms with Crippen molar-refractivity contribution >= 4 is 11.9 Å². The Hall–Kier alpha value is -2.70. The molecule has 1 saturated heterocycles. The molecule has 1 N–H and O–H groups in total. The lowest BCUT2D eigenvalue weighted by atomic mass is 9.94. The minimum absolute atomic E-state index is 0.0270. The number of likely N-dealkylation sites (N-methyl/N-ethyl adjacent to an activating group) is 1. The van der Waals surface area contributed by atoms with Gasteiger partial charge in [0.1, 0.15) is 0 Å². The maximum absolute atomic E-state index is 12.7. The highest BCUT2D eigenvalue weighted by molar-refractivity contribution is 5.94. The number of carboxylic acids is 1. The molecule has 30 heavy (non-hydrogen) atoms. The van der Waals surface area contributed by atoms with Crippen LogP contribution in [0.1, 0.15) is 51.7 Å². The summed E-state index contributed by atoms with van der Waals surface area (Å²) in [5.74, 6) is -0.870. The lowest BCUT2D eigenvalue weighted by molar-refractivity contribution is 0.0695. The first-order chi connectivity index (χ1) is 14.4. The number of carbonyl (C=O) groups excluding carboxylic acids is 1. The molecule has 0 aliphatic carbocycles.